The van der Waals surface area contributed by atoms with Crippen LogP contribution in [0.25, 0.3) is 0 Å². The normalized spacial score (nSPS) is 19.6. The first-order valence-corrected chi connectivity index (χ1v) is 10.5. The average molecular weight is 370 g/mol. The van der Waals surface area contributed by atoms with Gasteiger partial charge in [-0.25, -0.2) is 0 Å². The minimum atomic E-state index is 0.259. The number of nitrogens with zero attached hydrogens (tertiary/aromatic N) is 3. The summed E-state index contributed by atoms with van der Waals surface area (Å²) in [4.78, 5) is 9.75. The highest BCUT2D eigenvalue weighted by molar-refractivity contribution is 5.79. The van der Waals surface area contributed by atoms with Crippen molar-refractivity contribution in [2.45, 2.75) is 40.5 Å². The molecule has 26 heavy (non-hydrogen) atoms. The van der Waals surface area contributed by atoms with Crippen LogP contribution >= 0.6 is 0 Å². The van der Waals surface area contributed by atoms with Gasteiger partial charge in [0.1, 0.15) is 0 Å². The number of hydrogen-bond donors (Lipinski definition) is 3. The molecule has 3 N–H and O–H groups in total. The highest BCUT2D eigenvalue weighted by Crippen LogP contribution is 2.14. The Morgan fingerprint density at radius 2 is 1.81 bits per heavy atom. The van der Waals surface area contributed by atoms with Gasteiger partial charge in [0.15, 0.2) is 5.96 Å². The summed E-state index contributed by atoms with van der Waals surface area (Å²) in [6.07, 6.45) is 1.98. The molecular weight excluding hydrogens is 326 g/mol. The molecule has 0 aliphatic carbocycles. The maximum Gasteiger partial charge on any atom is 0.191 e. The number of hydrogen-bond acceptors (Lipinski definition) is 4. The zero-order chi connectivity index (χ0) is 19.4. The molecule has 1 aliphatic heterocycles. The zero-order valence-electron chi connectivity index (χ0n) is 17.8. The molecule has 1 heterocycles. The molecule has 1 fully saturated rings. The molecule has 0 aromatic carbocycles. The maximum atomic E-state index is 9.29. The lowest BCUT2D eigenvalue weighted by Crippen LogP contribution is -2.46. The predicted octanol–water partition coefficient (Wildman–Crippen LogP) is 1.47. The Morgan fingerprint density at radius 3 is 2.38 bits per heavy atom. The molecule has 0 amide bonds. The van der Waals surface area contributed by atoms with Gasteiger partial charge >= 0.3 is 0 Å². The van der Waals surface area contributed by atoms with E-state index in [2.05, 4.69) is 55.2 Å². The smallest absolute Gasteiger partial charge is 0.191 e. The molecule has 1 rings (SSSR count). The van der Waals surface area contributed by atoms with Crippen LogP contribution in [0.3, 0.4) is 0 Å². The first-order valence-electron chi connectivity index (χ1n) is 10.5. The van der Waals surface area contributed by atoms with Crippen LogP contribution in [0.5, 0.6) is 0 Å². The first kappa shape index (κ1) is 23.2. The summed E-state index contributed by atoms with van der Waals surface area (Å²) in [5, 5.41) is 16.1. The third-order valence-electron chi connectivity index (χ3n) is 4.97. The van der Waals surface area contributed by atoms with Gasteiger partial charge in [-0.1, -0.05) is 20.8 Å². The van der Waals surface area contributed by atoms with Crippen LogP contribution in [0.2, 0.25) is 0 Å². The first-order chi connectivity index (χ1) is 12.4. The topological polar surface area (TPSA) is 63.1 Å². The van der Waals surface area contributed by atoms with Gasteiger partial charge < -0.3 is 25.5 Å². The van der Waals surface area contributed by atoms with Gasteiger partial charge in [-0.15, -0.1) is 0 Å². The van der Waals surface area contributed by atoms with E-state index in [0.29, 0.717) is 17.8 Å². The van der Waals surface area contributed by atoms with Crippen molar-refractivity contribution in [2.24, 2.45) is 22.7 Å². The van der Waals surface area contributed by atoms with E-state index in [9.17, 15) is 5.11 Å². The number of aliphatic imine (C=N–C) groups is 1. The Morgan fingerprint density at radius 1 is 1.12 bits per heavy atom. The SMILES string of the molecule is CCNC(=NCC(C)CN1CCN(C)CC1)NCC(CCO)CC(C)C. The minimum Gasteiger partial charge on any atom is -0.396 e. The Balaban J connectivity index is 2.43. The minimum absolute atomic E-state index is 0.259. The van der Waals surface area contributed by atoms with Crippen molar-refractivity contribution in [3.8, 4) is 0 Å². The summed E-state index contributed by atoms with van der Waals surface area (Å²) in [5.74, 6) is 2.60. The molecule has 0 saturated carbocycles. The maximum absolute atomic E-state index is 9.29. The van der Waals surface area contributed by atoms with E-state index in [-0.39, 0.29) is 6.61 Å². The third kappa shape index (κ3) is 10.3. The van der Waals surface area contributed by atoms with Gasteiger partial charge in [0, 0.05) is 59.0 Å². The molecule has 0 bridgehead atoms. The number of rotatable bonds is 11. The molecule has 2 atom stereocenters. The average Bonchev–Trinajstić information content (AvgIpc) is 2.59. The van der Waals surface area contributed by atoms with Crippen LogP contribution in [-0.4, -0.2) is 86.9 Å². The van der Waals surface area contributed by atoms with Crippen LogP contribution in [0, 0.1) is 17.8 Å². The Hall–Kier alpha value is -0.850. The van der Waals surface area contributed by atoms with E-state index < -0.39 is 0 Å². The summed E-state index contributed by atoms with van der Waals surface area (Å²) in [6, 6.07) is 0. The summed E-state index contributed by atoms with van der Waals surface area (Å²) in [5.41, 5.74) is 0. The quantitative estimate of drug-likeness (QED) is 0.380. The Bertz CT molecular complexity index is 380. The summed E-state index contributed by atoms with van der Waals surface area (Å²) in [7, 11) is 2.20. The molecule has 0 aromatic rings. The molecule has 0 spiro atoms. The van der Waals surface area contributed by atoms with E-state index in [1.54, 1.807) is 0 Å². The van der Waals surface area contributed by atoms with Crippen LogP contribution < -0.4 is 10.6 Å². The van der Waals surface area contributed by atoms with Gasteiger partial charge in [-0.05, 0) is 44.6 Å². The second-order valence-corrected chi connectivity index (χ2v) is 8.32. The van der Waals surface area contributed by atoms with Gasteiger partial charge in [0.25, 0.3) is 0 Å². The lowest BCUT2D eigenvalue weighted by molar-refractivity contribution is 0.140. The largest absolute Gasteiger partial charge is 0.396 e. The van der Waals surface area contributed by atoms with E-state index in [4.69, 9.17) is 4.99 Å². The molecule has 2 unspecified atom stereocenters. The summed E-state index contributed by atoms with van der Waals surface area (Å²) in [6.45, 7) is 17.5. The van der Waals surface area contributed by atoms with Gasteiger partial charge in [-0.2, -0.15) is 0 Å². The lowest BCUT2D eigenvalue weighted by atomic mass is 9.94. The fourth-order valence-electron chi connectivity index (χ4n) is 3.51. The number of aliphatic hydroxyl groups is 1. The lowest BCUT2D eigenvalue weighted by Gasteiger charge is -2.33. The molecule has 6 heteroatoms. The monoisotopic (exact) mass is 369 g/mol. The van der Waals surface area contributed by atoms with Crippen molar-refractivity contribution in [1.82, 2.24) is 20.4 Å². The van der Waals surface area contributed by atoms with Gasteiger partial charge in [-0.3, -0.25) is 4.99 Å². The molecule has 1 aliphatic rings. The van der Waals surface area contributed by atoms with Gasteiger partial charge in [0.2, 0.25) is 0 Å². The Labute approximate surface area is 161 Å². The van der Waals surface area contributed by atoms with Crippen molar-refractivity contribution in [1.29, 1.82) is 0 Å². The van der Waals surface area contributed by atoms with Gasteiger partial charge in [0.05, 0.1) is 0 Å². The molecule has 0 radical (unpaired) electrons. The van der Waals surface area contributed by atoms with Crippen LogP contribution in [0.15, 0.2) is 4.99 Å². The van der Waals surface area contributed by atoms with Crippen molar-refractivity contribution >= 4 is 5.96 Å². The fraction of sp³-hybridized carbons (Fsp3) is 0.950. The number of aliphatic hydroxyl groups excluding tert-OH is 1. The number of guanidine groups is 1. The van der Waals surface area contributed by atoms with E-state index >= 15 is 0 Å². The molecule has 0 aromatic heterocycles. The standard InChI is InChI=1S/C20H43N5O/c1-6-21-20(23-15-19(7-12-26)13-17(2)3)22-14-18(4)16-25-10-8-24(5)9-11-25/h17-19,26H,6-16H2,1-5H3,(H2,21,22,23). The zero-order valence-corrected chi connectivity index (χ0v) is 17.8. The van der Waals surface area contributed by atoms with Crippen molar-refractivity contribution in [3.05, 3.63) is 0 Å². The van der Waals surface area contributed by atoms with Crippen molar-refractivity contribution in [3.63, 3.8) is 0 Å². The molecule has 6 nitrogen and oxygen atoms in total. The second-order valence-electron chi connectivity index (χ2n) is 8.32. The number of piperazine rings is 1. The fourth-order valence-corrected chi connectivity index (χ4v) is 3.51. The van der Waals surface area contributed by atoms with Crippen molar-refractivity contribution in [2.75, 3.05) is 66.0 Å². The van der Waals surface area contributed by atoms with Crippen LogP contribution in [0.4, 0.5) is 0 Å². The molecule has 1 saturated heterocycles. The molecular formula is C20H43N5O. The van der Waals surface area contributed by atoms with E-state index in [1.807, 2.05) is 0 Å². The number of likely N-dealkylation sites (N-methyl/N-ethyl adjacent to an activating group) is 1. The third-order valence-corrected chi connectivity index (χ3v) is 4.97. The van der Waals surface area contributed by atoms with Crippen LogP contribution in [0.1, 0.15) is 40.5 Å². The van der Waals surface area contributed by atoms with E-state index in [1.165, 1.54) is 26.2 Å². The molecule has 154 valence electrons. The summed E-state index contributed by atoms with van der Waals surface area (Å²) >= 11 is 0. The van der Waals surface area contributed by atoms with Crippen molar-refractivity contribution < 1.29 is 5.11 Å². The Kier molecular flexibility index (Phi) is 11.9. The van der Waals surface area contributed by atoms with Crippen LogP contribution in [-0.2, 0) is 0 Å². The highest BCUT2D eigenvalue weighted by Gasteiger charge is 2.16. The van der Waals surface area contributed by atoms with E-state index in [0.717, 1.165) is 45.0 Å². The second kappa shape index (κ2) is 13.3. The predicted molar refractivity (Wildman–Crippen MR) is 112 cm³/mol. The summed E-state index contributed by atoms with van der Waals surface area (Å²) < 4.78 is 0. The highest BCUT2D eigenvalue weighted by atomic mass is 16.3. The number of nitrogens with one attached hydrogen (secondary N) is 2.